The van der Waals surface area contributed by atoms with Crippen molar-refractivity contribution in [2.24, 2.45) is 5.14 Å². The second-order valence-electron chi connectivity index (χ2n) is 5.61. The fourth-order valence-electron chi connectivity index (χ4n) is 2.81. The Hall–Kier alpha value is -2.61. The van der Waals surface area contributed by atoms with Gasteiger partial charge in [0.2, 0.25) is 10.0 Å². The number of halogens is 3. The molecule has 1 aliphatic carbocycles. The van der Waals surface area contributed by atoms with Gasteiger partial charge in [-0.2, -0.15) is 5.26 Å². The van der Waals surface area contributed by atoms with Crippen LogP contribution in [0, 0.1) is 17.1 Å². The number of nitrogens with zero attached hydrogens (tertiary/aromatic N) is 1. The lowest BCUT2D eigenvalue weighted by Gasteiger charge is -2.14. The maximum Gasteiger partial charge on any atom is 0.238 e. The Morgan fingerprint density at radius 2 is 1.88 bits per heavy atom. The summed E-state index contributed by atoms with van der Waals surface area (Å²) in [6.45, 7) is 0. The largest absolute Gasteiger partial charge is 0.457 e. The third-order valence-corrected chi connectivity index (χ3v) is 4.86. The first kappa shape index (κ1) is 18.2. The molecule has 2 aromatic carbocycles. The van der Waals surface area contributed by atoms with E-state index in [1.807, 2.05) is 0 Å². The number of aliphatic hydroxyl groups is 1. The summed E-state index contributed by atoms with van der Waals surface area (Å²) in [4.78, 5) is -0.632. The maximum absolute atomic E-state index is 14.3. The molecular formula is C16H11F3N2O4S. The van der Waals surface area contributed by atoms with Gasteiger partial charge in [-0.3, -0.25) is 0 Å². The Morgan fingerprint density at radius 1 is 1.19 bits per heavy atom. The van der Waals surface area contributed by atoms with Crippen LogP contribution in [0.2, 0.25) is 0 Å². The zero-order chi connectivity index (χ0) is 19.2. The number of alkyl halides is 2. The molecule has 0 aliphatic heterocycles. The Bertz CT molecular complexity index is 1040. The van der Waals surface area contributed by atoms with Crippen LogP contribution in [0.25, 0.3) is 0 Å². The van der Waals surface area contributed by atoms with E-state index in [1.54, 1.807) is 6.07 Å². The van der Waals surface area contributed by atoms with Crippen LogP contribution in [-0.4, -0.2) is 19.7 Å². The molecule has 1 aliphatic rings. The minimum atomic E-state index is -4.37. The number of nitrogens with two attached hydrogens (primary N) is 1. The minimum absolute atomic E-state index is 0.0713. The summed E-state index contributed by atoms with van der Waals surface area (Å²) in [5.41, 5.74) is -1.14. The molecule has 6 nitrogen and oxygen atoms in total. The van der Waals surface area contributed by atoms with Gasteiger partial charge in [-0.1, -0.05) is 0 Å². The molecule has 0 aromatic heterocycles. The lowest BCUT2D eigenvalue weighted by atomic mass is 10.1. The molecule has 136 valence electrons. The first-order valence-electron chi connectivity index (χ1n) is 7.18. The van der Waals surface area contributed by atoms with Crippen molar-refractivity contribution in [2.75, 3.05) is 0 Å². The van der Waals surface area contributed by atoms with Crippen molar-refractivity contribution in [1.29, 1.82) is 5.26 Å². The summed E-state index contributed by atoms with van der Waals surface area (Å²) in [6.07, 6.45) is -6.85. The third-order valence-electron chi connectivity index (χ3n) is 3.89. The summed E-state index contributed by atoms with van der Waals surface area (Å²) in [5, 5.41) is 23.8. The molecule has 0 amide bonds. The summed E-state index contributed by atoms with van der Waals surface area (Å²) in [7, 11) is -4.37. The number of fused-ring (bicyclic) bond motifs is 1. The molecule has 0 radical (unpaired) electrons. The highest BCUT2D eigenvalue weighted by Crippen LogP contribution is 2.50. The Morgan fingerprint density at radius 3 is 2.50 bits per heavy atom. The van der Waals surface area contributed by atoms with Crippen LogP contribution in [0.1, 0.15) is 29.0 Å². The molecule has 3 N–H and O–H groups in total. The van der Waals surface area contributed by atoms with Gasteiger partial charge in [0, 0.05) is 17.2 Å². The Kier molecular flexibility index (Phi) is 4.39. The fraction of sp³-hybridized carbons (Fsp3) is 0.188. The molecule has 0 heterocycles. The van der Waals surface area contributed by atoms with Crippen molar-refractivity contribution in [3.63, 3.8) is 0 Å². The predicted molar refractivity (Wildman–Crippen MR) is 82.7 cm³/mol. The number of nitriles is 1. The van der Waals surface area contributed by atoms with Crippen LogP contribution in [0.15, 0.2) is 35.2 Å². The smallest absolute Gasteiger partial charge is 0.238 e. The van der Waals surface area contributed by atoms with E-state index in [1.165, 1.54) is 0 Å². The molecule has 0 saturated heterocycles. The number of primary sulfonamides is 1. The molecule has 3 rings (SSSR count). The van der Waals surface area contributed by atoms with Crippen LogP contribution in [0.4, 0.5) is 13.2 Å². The second kappa shape index (κ2) is 6.28. The monoisotopic (exact) mass is 384 g/mol. The molecule has 0 spiro atoms. The van der Waals surface area contributed by atoms with E-state index in [4.69, 9.17) is 15.1 Å². The standard InChI is InChI=1S/C16H11F3N2O4S/c17-8-3-7(6-20)4-9(5-8)25-10-1-2-11(26(21,23)24)13-12(10)14(18)15(19)16(13)22/h1-5,14-16,22H,(H2,21,23,24). The topological polar surface area (TPSA) is 113 Å². The Balaban J connectivity index is 2.17. The van der Waals surface area contributed by atoms with Gasteiger partial charge in [0.25, 0.3) is 0 Å². The van der Waals surface area contributed by atoms with E-state index in [2.05, 4.69) is 0 Å². The van der Waals surface area contributed by atoms with Crippen LogP contribution in [0.3, 0.4) is 0 Å². The highest BCUT2D eigenvalue weighted by atomic mass is 32.2. The number of hydrogen-bond acceptors (Lipinski definition) is 5. The van der Waals surface area contributed by atoms with E-state index in [9.17, 15) is 26.7 Å². The molecule has 3 unspecified atom stereocenters. The molecule has 3 atom stereocenters. The van der Waals surface area contributed by atoms with Gasteiger partial charge in [-0.05, 0) is 24.3 Å². The van der Waals surface area contributed by atoms with E-state index >= 15 is 0 Å². The second-order valence-corrected chi connectivity index (χ2v) is 7.14. The lowest BCUT2D eigenvalue weighted by molar-refractivity contribution is 0.0454. The molecule has 0 fully saturated rings. The van der Waals surface area contributed by atoms with E-state index in [0.717, 1.165) is 30.3 Å². The van der Waals surface area contributed by atoms with Gasteiger partial charge >= 0.3 is 0 Å². The first-order chi connectivity index (χ1) is 12.1. The van der Waals surface area contributed by atoms with Crippen molar-refractivity contribution < 1.29 is 31.4 Å². The van der Waals surface area contributed by atoms with Crippen molar-refractivity contribution in [3.05, 3.63) is 52.8 Å². The quantitative estimate of drug-likeness (QED) is 0.844. The zero-order valence-electron chi connectivity index (χ0n) is 12.9. The molecular weight excluding hydrogens is 373 g/mol. The zero-order valence-corrected chi connectivity index (χ0v) is 13.7. The van der Waals surface area contributed by atoms with Crippen molar-refractivity contribution in [3.8, 4) is 17.6 Å². The van der Waals surface area contributed by atoms with Crippen LogP contribution >= 0.6 is 0 Å². The van der Waals surface area contributed by atoms with Crippen molar-refractivity contribution >= 4 is 10.0 Å². The van der Waals surface area contributed by atoms with Crippen LogP contribution in [-0.2, 0) is 10.0 Å². The molecule has 10 heteroatoms. The number of benzene rings is 2. The predicted octanol–water partition coefficient (Wildman–Crippen LogP) is 2.53. The third kappa shape index (κ3) is 3.01. The van der Waals surface area contributed by atoms with Gasteiger partial charge in [-0.25, -0.2) is 26.7 Å². The number of aliphatic hydroxyl groups excluding tert-OH is 1. The lowest BCUT2D eigenvalue weighted by Crippen LogP contribution is -2.17. The number of rotatable bonds is 3. The van der Waals surface area contributed by atoms with E-state index in [-0.39, 0.29) is 17.1 Å². The maximum atomic E-state index is 14.3. The van der Waals surface area contributed by atoms with Gasteiger partial charge in [0.1, 0.15) is 23.4 Å². The average molecular weight is 384 g/mol. The number of hydrogen-bond donors (Lipinski definition) is 2. The van der Waals surface area contributed by atoms with Crippen molar-refractivity contribution in [2.45, 2.75) is 23.3 Å². The molecule has 0 bridgehead atoms. The highest BCUT2D eigenvalue weighted by Gasteiger charge is 2.46. The molecule has 2 aromatic rings. The first-order valence-corrected chi connectivity index (χ1v) is 8.72. The normalized spacial score (nSPS) is 21.9. The summed E-state index contributed by atoms with van der Waals surface area (Å²) in [6, 6.07) is 6.68. The van der Waals surface area contributed by atoms with E-state index < -0.39 is 50.3 Å². The fourth-order valence-corrected chi connectivity index (χ4v) is 3.61. The van der Waals surface area contributed by atoms with Gasteiger partial charge < -0.3 is 9.84 Å². The van der Waals surface area contributed by atoms with E-state index in [0.29, 0.717) is 0 Å². The SMILES string of the molecule is N#Cc1cc(F)cc(Oc2ccc(S(N)(=O)=O)c3c2C(F)C(F)C3O)c1. The van der Waals surface area contributed by atoms with Gasteiger partial charge in [0.05, 0.1) is 16.5 Å². The Labute approximate surface area is 146 Å². The number of sulfonamides is 1. The number of ether oxygens (including phenoxy) is 1. The summed E-state index contributed by atoms with van der Waals surface area (Å²) < 4.78 is 70.4. The highest BCUT2D eigenvalue weighted by molar-refractivity contribution is 7.89. The summed E-state index contributed by atoms with van der Waals surface area (Å²) >= 11 is 0. The van der Waals surface area contributed by atoms with Gasteiger partial charge in [-0.15, -0.1) is 0 Å². The summed E-state index contributed by atoms with van der Waals surface area (Å²) in [5.74, 6) is -1.30. The molecule has 0 saturated carbocycles. The van der Waals surface area contributed by atoms with Crippen LogP contribution < -0.4 is 9.88 Å². The minimum Gasteiger partial charge on any atom is -0.457 e. The van der Waals surface area contributed by atoms with Crippen LogP contribution in [0.5, 0.6) is 11.5 Å². The average Bonchev–Trinajstić information content (AvgIpc) is 2.79. The molecule has 26 heavy (non-hydrogen) atoms. The van der Waals surface area contributed by atoms with Gasteiger partial charge in [0.15, 0.2) is 12.3 Å². The van der Waals surface area contributed by atoms with Crippen molar-refractivity contribution in [1.82, 2.24) is 0 Å².